The van der Waals surface area contributed by atoms with Crippen LogP contribution in [0.1, 0.15) is 23.9 Å². The first-order chi connectivity index (χ1) is 17.6. The van der Waals surface area contributed by atoms with E-state index in [0.29, 0.717) is 61.3 Å². The summed E-state index contributed by atoms with van der Waals surface area (Å²) in [5.74, 6) is 1.36. The molecule has 2 aromatic heterocycles. The molecule has 1 aliphatic rings. The summed E-state index contributed by atoms with van der Waals surface area (Å²) in [5, 5.41) is 12.6. The van der Waals surface area contributed by atoms with Crippen molar-refractivity contribution in [3.8, 4) is 11.5 Å². The quantitative estimate of drug-likeness (QED) is 0.351. The highest BCUT2D eigenvalue weighted by molar-refractivity contribution is 5.83. The number of aromatic nitrogens is 5. The van der Waals surface area contributed by atoms with Gasteiger partial charge in [-0.05, 0) is 35.0 Å². The van der Waals surface area contributed by atoms with Crippen LogP contribution in [0.5, 0.6) is 11.5 Å². The smallest absolute Gasteiger partial charge is 0.327 e. The summed E-state index contributed by atoms with van der Waals surface area (Å²) in [6.07, 6.45) is 0. The fourth-order valence-corrected chi connectivity index (χ4v) is 4.14. The molecule has 36 heavy (non-hydrogen) atoms. The lowest BCUT2D eigenvalue weighted by atomic mass is 10.1. The van der Waals surface area contributed by atoms with Gasteiger partial charge in [-0.3, -0.25) is 14.5 Å². The molecule has 3 heterocycles. The number of tetrazole rings is 1. The third kappa shape index (κ3) is 5.36. The van der Waals surface area contributed by atoms with Gasteiger partial charge in [0.15, 0.2) is 17.3 Å². The van der Waals surface area contributed by atoms with Gasteiger partial charge in [0.25, 0.3) is 5.56 Å². The molecule has 186 valence electrons. The second kappa shape index (κ2) is 10.6. The van der Waals surface area contributed by atoms with Gasteiger partial charge in [0.1, 0.15) is 19.8 Å². The first kappa shape index (κ1) is 23.5. The molecule has 0 amide bonds. The van der Waals surface area contributed by atoms with Crippen molar-refractivity contribution < 1.29 is 19.0 Å². The van der Waals surface area contributed by atoms with Gasteiger partial charge in [-0.25, -0.2) is 4.68 Å². The maximum atomic E-state index is 13.0. The molecule has 2 aromatic carbocycles. The van der Waals surface area contributed by atoms with E-state index in [1.54, 1.807) is 13.0 Å². The van der Waals surface area contributed by atoms with Gasteiger partial charge >= 0.3 is 5.97 Å². The van der Waals surface area contributed by atoms with Crippen LogP contribution in [-0.4, -0.2) is 55.9 Å². The van der Waals surface area contributed by atoms with E-state index < -0.39 is 5.97 Å². The lowest BCUT2D eigenvalue weighted by molar-refractivity contribution is -0.144. The van der Waals surface area contributed by atoms with Gasteiger partial charge in [-0.15, -0.1) is 5.10 Å². The fourth-order valence-electron chi connectivity index (χ4n) is 4.14. The number of aromatic amines is 1. The summed E-state index contributed by atoms with van der Waals surface area (Å²) >= 11 is 0. The van der Waals surface area contributed by atoms with E-state index >= 15 is 0 Å². The van der Waals surface area contributed by atoms with Gasteiger partial charge in [0, 0.05) is 30.1 Å². The fraction of sp³-hybridized carbons (Fsp3) is 0.320. The first-order valence-electron chi connectivity index (χ1n) is 11.7. The molecule has 5 rings (SSSR count). The summed E-state index contributed by atoms with van der Waals surface area (Å²) < 4.78 is 17.8. The molecule has 11 heteroatoms. The van der Waals surface area contributed by atoms with Crippen LogP contribution in [0.2, 0.25) is 0 Å². The molecule has 4 aromatic rings. The number of fused-ring (bicyclic) bond motifs is 2. The Morgan fingerprint density at radius 3 is 2.64 bits per heavy atom. The molecule has 0 unspecified atom stereocenters. The van der Waals surface area contributed by atoms with Crippen molar-refractivity contribution in [3.05, 3.63) is 75.8 Å². The average Bonchev–Trinajstić information content (AvgIpc) is 3.30. The number of nitrogens with one attached hydrogen (secondary N) is 1. The summed E-state index contributed by atoms with van der Waals surface area (Å²) in [4.78, 5) is 30.0. The number of esters is 1. The lowest BCUT2D eigenvalue weighted by Crippen LogP contribution is -2.28. The average molecular weight is 491 g/mol. The number of hydrogen-bond donors (Lipinski definition) is 1. The highest BCUT2D eigenvalue weighted by atomic mass is 16.6. The second-order valence-corrected chi connectivity index (χ2v) is 8.40. The Hall–Kier alpha value is -4.25. The molecular weight excluding hydrogens is 464 g/mol. The third-order valence-electron chi connectivity index (χ3n) is 5.78. The Bertz CT molecular complexity index is 1420. The number of carbonyl (C=O) groups excluding carboxylic acids is 1. The molecule has 11 nitrogen and oxygen atoms in total. The van der Waals surface area contributed by atoms with Gasteiger partial charge in [0.2, 0.25) is 0 Å². The number of carbonyl (C=O) groups is 1. The Morgan fingerprint density at radius 1 is 1.08 bits per heavy atom. The molecule has 0 radical (unpaired) electrons. The number of nitrogens with zero attached hydrogens (tertiary/aromatic N) is 5. The summed E-state index contributed by atoms with van der Waals surface area (Å²) in [7, 11) is 0. The molecule has 1 N–H and O–H groups in total. The molecule has 0 bridgehead atoms. The number of ether oxygens (including phenoxy) is 3. The van der Waals surface area contributed by atoms with Crippen LogP contribution in [0, 0.1) is 0 Å². The number of benzene rings is 2. The standard InChI is InChI=1S/C25H26N6O5/c1-2-34-24(32)16-31-23(27-28-29-31)15-30(13-17-6-4-3-5-7-17)14-19-10-18-11-21-22(36-9-8-35-21)12-20(18)26-25(19)33/h3-7,10-12H,2,8-9,13-16H2,1H3,(H,26,33). The molecule has 0 aliphatic carbocycles. The zero-order valence-corrected chi connectivity index (χ0v) is 19.8. The monoisotopic (exact) mass is 490 g/mol. The van der Waals surface area contributed by atoms with Crippen LogP contribution in [0.3, 0.4) is 0 Å². The van der Waals surface area contributed by atoms with Gasteiger partial charge in [-0.1, -0.05) is 30.3 Å². The highest BCUT2D eigenvalue weighted by Crippen LogP contribution is 2.33. The van der Waals surface area contributed by atoms with Gasteiger partial charge < -0.3 is 19.2 Å². The topological polar surface area (TPSA) is 124 Å². The molecule has 1 aliphatic heterocycles. The summed E-state index contributed by atoms with van der Waals surface area (Å²) in [5.41, 5.74) is 2.14. The van der Waals surface area contributed by atoms with Crippen molar-refractivity contribution in [2.45, 2.75) is 33.1 Å². The predicted molar refractivity (Wildman–Crippen MR) is 129 cm³/mol. The van der Waals surface area contributed by atoms with E-state index in [1.807, 2.05) is 42.5 Å². The summed E-state index contributed by atoms with van der Waals surface area (Å²) in [6, 6.07) is 15.5. The molecular formula is C25H26N6O5. The van der Waals surface area contributed by atoms with E-state index in [1.165, 1.54) is 4.68 Å². The maximum absolute atomic E-state index is 13.0. The van der Waals surface area contributed by atoms with E-state index in [4.69, 9.17) is 14.2 Å². The Kier molecular flexibility index (Phi) is 6.89. The minimum atomic E-state index is -0.416. The molecule has 0 saturated carbocycles. The second-order valence-electron chi connectivity index (χ2n) is 8.40. The molecule has 0 atom stereocenters. The van der Waals surface area contributed by atoms with Crippen LogP contribution in [0.15, 0.2) is 53.3 Å². The zero-order valence-electron chi connectivity index (χ0n) is 19.8. The maximum Gasteiger partial charge on any atom is 0.327 e. The van der Waals surface area contributed by atoms with Crippen molar-refractivity contribution in [2.75, 3.05) is 19.8 Å². The minimum Gasteiger partial charge on any atom is -0.486 e. The molecule has 0 saturated heterocycles. The number of hydrogen-bond acceptors (Lipinski definition) is 9. The van der Waals surface area contributed by atoms with Crippen LogP contribution >= 0.6 is 0 Å². The van der Waals surface area contributed by atoms with E-state index in [2.05, 4.69) is 25.4 Å². The van der Waals surface area contributed by atoms with E-state index in [9.17, 15) is 9.59 Å². The van der Waals surface area contributed by atoms with Crippen molar-refractivity contribution in [1.82, 2.24) is 30.1 Å². The van der Waals surface area contributed by atoms with E-state index in [-0.39, 0.29) is 18.7 Å². The van der Waals surface area contributed by atoms with Crippen LogP contribution in [0.25, 0.3) is 10.9 Å². The van der Waals surface area contributed by atoms with Crippen LogP contribution in [0.4, 0.5) is 0 Å². The zero-order chi connectivity index (χ0) is 24.9. The molecule has 0 fully saturated rings. The third-order valence-corrected chi connectivity index (χ3v) is 5.78. The minimum absolute atomic E-state index is 0.0842. The first-order valence-corrected chi connectivity index (χ1v) is 11.7. The predicted octanol–water partition coefficient (Wildman–Crippen LogP) is 2.05. The van der Waals surface area contributed by atoms with Gasteiger partial charge in [-0.2, -0.15) is 0 Å². The van der Waals surface area contributed by atoms with Crippen LogP contribution in [-0.2, 0) is 35.7 Å². The Morgan fingerprint density at radius 2 is 1.86 bits per heavy atom. The number of H-pyrrole nitrogens is 1. The van der Waals surface area contributed by atoms with Crippen molar-refractivity contribution in [1.29, 1.82) is 0 Å². The largest absolute Gasteiger partial charge is 0.486 e. The Labute approximate surface area is 206 Å². The molecule has 0 spiro atoms. The highest BCUT2D eigenvalue weighted by Gasteiger charge is 2.19. The van der Waals surface area contributed by atoms with E-state index in [0.717, 1.165) is 10.9 Å². The van der Waals surface area contributed by atoms with Crippen LogP contribution < -0.4 is 15.0 Å². The number of pyridine rings is 1. The van der Waals surface area contributed by atoms with Gasteiger partial charge in [0.05, 0.1) is 18.7 Å². The van der Waals surface area contributed by atoms with Crippen molar-refractivity contribution in [2.24, 2.45) is 0 Å². The summed E-state index contributed by atoms with van der Waals surface area (Å²) in [6.45, 7) is 4.11. The van der Waals surface area contributed by atoms with Crippen molar-refractivity contribution >= 4 is 16.9 Å². The Balaban J connectivity index is 1.43. The lowest BCUT2D eigenvalue weighted by Gasteiger charge is -2.22. The number of rotatable bonds is 9. The van der Waals surface area contributed by atoms with Crippen molar-refractivity contribution in [3.63, 3.8) is 0 Å². The normalized spacial score (nSPS) is 12.7. The SMILES string of the molecule is CCOC(=O)Cn1nnnc1CN(Cc1ccccc1)Cc1cc2cc3c(cc2[nH]c1=O)OCCO3.